The standard InChI is InChI=1S/C25H39N3O/c1-16-9-11-24(3)18(13-16)5-6-19-20-7-8-22(25(20,4)12-10-21(19)24)23(29)15-28-26-14-17(2)27-28/h14,16,18-22H,5-13,15H2,1-4H3/t16?,18?,19?,20?,21?,22-,24?,25?/m1/s1. The third-order valence-electron chi connectivity index (χ3n) is 10.3. The number of carbonyl (C=O) groups is 1. The predicted octanol–water partition coefficient (Wildman–Crippen LogP) is 5.45. The molecule has 7 unspecified atom stereocenters. The molecule has 29 heavy (non-hydrogen) atoms. The Morgan fingerprint density at radius 2 is 1.83 bits per heavy atom. The largest absolute Gasteiger partial charge is 0.297 e. The molecule has 1 aromatic rings. The van der Waals surface area contributed by atoms with E-state index in [4.69, 9.17) is 0 Å². The van der Waals surface area contributed by atoms with E-state index in [1.165, 1.54) is 51.4 Å². The molecule has 1 aromatic heterocycles. The molecule has 1 heterocycles. The number of fused-ring (bicyclic) bond motifs is 5. The van der Waals surface area contributed by atoms with Gasteiger partial charge in [0.1, 0.15) is 6.54 Å². The summed E-state index contributed by atoms with van der Waals surface area (Å²) in [6.07, 6.45) is 13.9. The summed E-state index contributed by atoms with van der Waals surface area (Å²) >= 11 is 0. The number of rotatable bonds is 3. The van der Waals surface area contributed by atoms with Crippen LogP contribution in [0.4, 0.5) is 0 Å². The average molecular weight is 398 g/mol. The zero-order chi connectivity index (χ0) is 20.4. The van der Waals surface area contributed by atoms with Gasteiger partial charge < -0.3 is 0 Å². The summed E-state index contributed by atoms with van der Waals surface area (Å²) < 4.78 is 0. The fraction of sp³-hybridized carbons (Fsp3) is 0.880. The van der Waals surface area contributed by atoms with E-state index in [2.05, 4.69) is 31.0 Å². The molecule has 4 heteroatoms. The van der Waals surface area contributed by atoms with Gasteiger partial charge in [0.05, 0.1) is 11.9 Å². The van der Waals surface area contributed by atoms with Crippen molar-refractivity contribution in [1.29, 1.82) is 0 Å². The van der Waals surface area contributed by atoms with Crippen molar-refractivity contribution in [3.8, 4) is 0 Å². The maximum atomic E-state index is 13.3. The first kappa shape index (κ1) is 19.8. The molecule has 8 atom stereocenters. The Balaban J connectivity index is 1.35. The molecule has 0 N–H and O–H groups in total. The van der Waals surface area contributed by atoms with Crippen LogP contribution in [0, 0.1) is 53.3 Å². The van der Waals surface area contributed by atoms with Crippen LogP contribution in [0.1, 0.15) is 84.3 Å². The minimum absolute atomic E-state index is 0.200. The molecule has 4 aliphatic carbocycles. The van der Waals surface area contributed by atoms with E-state index in [-0.39, 0.29) is 11.3 Å². The molecule has 0 amide bonds. The minimum Gasteiger partial charge on any atom is -0.297 e. The van der Waals surface area contributed by atoms with Crippen molar-refractivity contribution in [1.82, 2.24) is 15.0 Å². The molecule has 4 nitrogen and oxygen atoms in total. The van der Waals surface area contributed by atoms with Gasteiger partial charge in [0, 0.05) is 5.92 Å². The van der Waals surface area contributed by atoms with Crippen LogP contribution in [0.2, 0.25) is 0 Å². The lowest BCUT2D eigenvalue weighted by Crippen LogP contribution is -2.53. The predicted molar refractivity (Wildman–Crippen MR) is 114 cm³/mol. The van der Waals surface area contributed by atoms with Gasteiger partial charge in [0.25, 0.3) is 0 Å². The third kappa shape index (κ3) is 3.03. The van der Waals surface area contributed by atoms with Crippen LogP contribution in [-0.2, 0) is 11.3 Å². The molecule has 0 spiro atoms. The molecule has 0 saturated heterocycles. The van der Waals surface area contributed by atoms with Gasteiger partial charge in [-0.05, 0) is 98.7 Å². The Hall–Kier alpha value is -1.19. The smallest absolute Gasteiger partial charge is 0.159 e. The Bertz CT molecular complexity index is 787. The van der Waals surface area contributed by atoms with E-state index in [9.17, 15) is 4.79 Å². The Labute approximate surface area is 176 Å². The maximum Gasteiger partial charge on any atom is 0.159 e. The number of aromatic nitrogens is 3. The first-order chi connectivity index (χ1) is 13.8. The Morgan fingerprint density at radius 1 is 1.07 bits per heavy atom. The van der Waals surface area contributed by atoms with Crippen molar-refractivity contribution in [2.75, 3.05) is 0 Å². The van der Waals surface area contributed by atoms with Crippen molar-refractivity contribution in [2.45, 2.75) is 92.0 Å². The van der Waals surface area contributed by atoms with Crippen molar-refractivity contribution in [3.05, 3.63) is 11.9 Å². The van der Waals surface area contributed by atoms with E-state index in [0.29, 0.717) is 17.7 Å². The fourth-order valence-corrected chi connectivity index (χ4v) is 8.71. The lowest BCUT2D eigenvalue weighted by Gasteiger charge is -2.61. The van der Waals surface area contributed by atoms with E-state index >= 15 is 0 Å². The lowest BCUT2D eigenvalue weighted by atomic mass is 9.44. The summed E-state index contributed by atoms with van der Waals surface area (Å²) in [6, 6.07) is 0. The molecule has 0 aromatic carbocycles. The van der Waals surface area contributed by atoms with Crippen molar-refractivity contribution >= 4 is 5.78 Å². The molecular formula is C25H39N3O. The molecule has 160 valence electrons. The van der Waals surface area contributed by atoms with Crippen LogP contribution < -0.4 is 0 Å². The highest BCUT2D eigenvalue weighted by Crippen LogP contribution is 2.67. The summed E-state index contributed by atoms with van der Waals surface area (Å²) in [6.45, 7) is 9.86. The summed E-state index contributed by atoms with van der Waals surface area (Å²) in [4.78, 5) is 14.9. The first-order valence-corrected chi connectivity index (χ1v) is 12.2. The van der Waals surface area contributed by atoms with Crippen LogP contribution >= 0.6 is 0 Å². The van der Waals surface area contributed by atoms with E-state index in [1.54, 1.807) is 11.0 Å². The first-order valence-electron chi connectivity index (χ1n) is 12.2. The van der Waals surface area contributed by atoms with Crippen LogP contribution in [0.5, 0.6) is 0 Å². The van der Waals surface area contributed by atoms with Gasteiger partial charge in [0.15, 0.2) is 5.78 Å². The van der Waals surface area contributed by atoms with E-state index in [0.717, 1.165) is 41.7 Å². The number of Topliss-reactive ketones (excluding diaryl/α,β-unsaturated/α-hetero) is 1. The van der Waals surface area contributed by atoms with Gasteiger partial charge in [0.2, 0.25) is 0 Å². The van der Waals surface area contributed by atoms with Gasteiger partial charge in [-0.2, -0.15) is 15.0 Å². The lowest BCUT2D eigenvalue weighted by molar-refractivity contribution is -0.137. The number of hydrogen-bond acceptors (Lipinski definition) is 3. The summed E-state index contributed by atoms with van der Waals surface area (Å²) in [5.74, 6) is 4.95. The molecule has 5 rings (SSSR count). The highest BCUT2D eigenvalue weighted by molar-refractivity contribution is 5.82. The minimum atomic E-state index is 0.200. The number of hydrogen-bond donors (Lipinski definition) is 0. The SMILES string of the molecule is Cc1cnn(CC(=O)[C@H]2CCC3C4CCC5CC(C)CCC5(C)C4CCC32C)n1. The van der Waals surface area contributed by atoms with Crippen LogP contribution in [0.15, 0.2) is 6.20 Å². The normalized spacial score (nSPS) is 46.6. The quantitative estimate of drug-likeness (QED) is 0.681. The van der Waals surface area contributed by atoms with E-state index < -0.39 is 0 Å². The summed E-state index contributed by atoms with van der Waals surface area (Å²) in [5.41, 5.74) is 1.65. The maximum absolute atomic E-state index is 13.3. The van der Waals surface area contributed by atoms with Crippen LogP contribution in [-0.4, -0.2) is 20.8 Å². The highest BCUT2D eigenvalue weighted by Gasteiger charge is 2.60. The number of ketones is 1. The molecule has 0 radical (unpaired) electrons. The topological polar surface area (TPSA) is 47.8 Å². The number of nitrogens with zero attached hydrogens (tertiary/aromatic N) is 3. The third-order valence-corrected chi connectivity index (χ3v) is 10.3. The van der Waals surface area contributed by atoms with Crippen molar-refractivity contribution in [2.24, 2.45) is 46.3 Å². The highest BCUT2D eigenvalue weighted by atomic mass is 16.1. The van der Waals surface area contributed by atoms with Crippen LogP contribution in [0.3, 0.4) is 0 Å². The summed E-state index contributed by atoms with van der Waals surface area (Å²) in [7, 11) is 0. The molecular weight excluding hydrogens is 358 g/mol. The molecule has 4 aliphatic rings. The monoisotopic (exact) mass is 397 g/mol. The molecule has 4 fully saturated rings. The number of carbonyl (C=O) groups excluding carboxylic acids is 1. The zero-order valence-electron chi connectivity index (χ0n) is 18.9. The van der Waals surface area contributed by atoms with Gasteiger partial charge in [-0.15, -0.1) is 0 Å². The fourth-order valence-electron chi connectivity index (χ4n) is 8.71. The second kappa shape index (κ2) is 6.92. The van der Waals surface area contributed by atoms with Crippen LogP contribution in [0.25, 0.3) is 0 Å². The zero-order valence-corrected chi connectivity index (χ0v) is 18.9. The van der Waals surface area contributed by atoms with Crippen molar-refractivity contribution in [3.63, 3.8) is 0 Å². The number of aryl methyl sites for hydroxylation is 1. The molecule has 4 saturated carbocycles. The second-order valence-electron chi connectivity index (χ2n) is 11.7. The van der Waals surface area contributed by atoms with Gasteiger partial charge in [-0.3, -0.25) is 4.79 Å². The van der Waals surface area contributed by atoms with Gasteiger partial charge >= 0.3 is 0 Å². The second-order valence-corrected chi connectivity index (χ2v) is 11.7. The Kier molecular flexibility index (Phi) is 4.71. The average Bonchev–Trinajstić information content (AvgIpc) is 3.24. The summed E-state index contributed by atoms with van der Waals surface area (Å²) in [5, 5.41) is 8.62. The molecule has 0 aliphatic heterocycles. The Morgan fingerprint density at radius 3 is 2.59 bits per heavy atom. The van der Waals surface area contributed by atoms with Crippen molar-refractivity contribution < 1.29 is 4.79 Å². The molecule has 0 bridgehead atoms. The van der Waals surface area contributed by atoms with E-state index in [1.807, 2.05) is 6.92 Å². The van der Waals surface area contributed by atoms with Gasteiger partial charge in [-0.1, -0.05) is 27.2 Å². The van der Waals surface area contributed by atoms with Gasteiger partial charge in [-0.25, -0.2) is 0 Å².